The Bertz CT molecular complexity index is 319. The van der Waals surface area contributed by atoms with Crippen LogP contribution in [0.4, 0.5) is 0 Å². The van der Waals surface area contributed by atoms with Crippen molar-refractivity contribution in [1.29, 1.82) is 0 Å². The monoisotopic (exact) mass is 209 g/mol. The lowest BCUT2D eigenvalue weighted by Gasteiger charge is -2.31. The molecule has 2 heterocycles. The molecule has 1 aliphatic rings. The summed E-state index contributed by atoms with van der Waals surface area (Å²) in [5, 5.41) is 3.48. The predicted octanol–water partition coefficient (Wildman–Crippen LogP) is 2.14. The van der Waals surface area contributed by atoms with Gasteiger partial charge in [-0.05, 0) is 24.0 Å². The van der Waals surface area contributed by atoms with Gasteiger partial charge in [-0.3, -0.25) is 0 Å². The number of furan rings is 1. The minimum atomic E-state index is 0.176. The van der Waals surface area contributed by atoms with E-state index < -0.39 is 0 Å². The highest BCUT2D eigenvalue weighted by atomic mass is 16.5. The third-order valence-corrected chi connectivity index (χ3v) is 3.08. The van der Waals surface area contributed by atoms with Crippen LogP contribution < -0.4 is 5.32 Å². The van der Waals surface area contributed by atoms with Crippen LogP contribution in [-0.4, -0.2) is 19.8 Å². The van der Waals surface area contributed by atoms with E-state index in [9.17, 15) is 0 Å². The highest BCUT2D eigenvalue weighted by Crippen LogP contribution is 2.30. The van der Waals surface area contributed by atoms with E-state index >= 15 is 0 Å². The first-order chi connectivity index (χ1) is 7.24. The number of methoxy groups -OCH3 is 1. The minimum Gasteiger partial charge on any atom is -0.467 e. The molecule has 2 atom stereocenters. The summed E-state index contributed by atoms with van der Waals surface area (Å²) in [6.45, 7) is 5.35. The number of hydrogen-bond acceptors (Lipinski definition) is 3. The third kappa shape index (κ3) is 1.94. The van der Waals surface area contributed by atoms with E-state index in [-0.39, 0.29) is 12.1 Å². The van der Waals surface area contributed by atoms with E-state index in [4.69, 9.17) is 9.15 Å². The van der Waals surface area contributed by atoms with Gasteiger partial charge in [-0.25, -0.2) is 0 Å². The van der Waals surface area contributed by atoms with Gasteiger partial charge in [-0.2, -0.15) is 0 Å². The van der Waals surface area contributed by atoms with Crippen molar-refractivity contribution in [2.75, 3.05) is 13.7 Å². The van der Waals surface area contributed by atoms with Gasteiger partial charge in [0.15, 0.2) is 0 Å². The molecule has 0 radical (unpaired) electrons. The van der Waals surface area contributed by atoms with E-state index in [1.165, 1.54) is 5.56 Å². The largest absolute Gasteiger partial charge is 0.467 e. The Balaban J connectivity index is 2.24. The zero-order valence-electron chi connectivity index (χ0n) is 9.62. The van der Waals surface area contributed by atoms with Crippen molar-refractivity contribution in [1.82, 2.24) is 5.32 Å². The van der Waals surface area contributed by atoms with Crippen molar-refractivity contribution in [3.05, 3.63) is 23.7 Å². The summed E-state index contributed by atoms with van der Waals surface area (Å²) in [5.41, 5.74) is 1.32. The molecule has 1 aromatic rings. The van der Waals surface area contributed by atoms with Crippen LogP contribution in [0.2, 0.25) is 0 Å². The van der Waals surface area contributed by atoms with Gasteiger partial charge in [0.1, 0.15) is 5.76 Å². The van der Waals surface area contributed by atoms with Crippen LogP contribution >= 0.6 is 0 Å². The SMILES string of the molecule is COC(C(C)C)C1NCCc2ccoc21. The molecule has 84 valence electrons. The third-order valence-electron chi connectivity index (χ3n) is 3.08. The summed E-state index contributed by atoms with van der Waals surface area (Å²) in [5.74, 6) is 1.53. The van der Waals surface area contributed by atoms with Gasteiger partial charge in [0.25, 0.3) is 0 Å². The van der Waals surface area contributed by atoms with Crippen LogP contribution in [-0.2, 0) is 11.2 Å². The minimum absolute atomic E-state index is 0.176. The van der Waals surface area contributed by atoms with Crippen molar-refractivity contribution in [3.63, 3.8) is 0 Å². The second kappa shape index (κ2) is 4.37. The summed E-state index contributed by atoms with van der Waals surface area (Å²) in [4.78, 5) is 0. The highest BCUT2D eigenvalue weighted by molar-refractivity contribution is 5.24. The smallest absolute Gasteiger partial charge is 0.126 e. The molecule has 3 heteroatoms. The summed E-state index contributed by atoms with van der Waals surface area (Å²) in [6.07, 6.45) is 3.00. The number of ether oxygens (including phenoxy) is 1. The molecule has 0 aliphatic carbocycles. The second-order valence-corrected chi connectivity index (χ2v) is 4.44. The Morgan fingerprint density at radius 2 is 2.33 bits per heavy atom. The van der Waals surface area contributed by atoms with Gasteiger partial charge in [0.05, 0.1) is 18.4 Å². The molecule has 2 rings (SSSR count). The molecule has 0 fully saturated rings. The van der Waals surface area contributed by atoms with E-state index in [1.807, 2.05) is 0 Å². The Hall–Kier alpha value is -0.800. The summed E-state index contributed by atoms with van der Waals surface area (Å²) in [7, 11) is 1.77. The average molecular weight is 209 g/mol. The molecule has 2 unspecified atom stereocenters. The van der Waals surface area contributed by atoms with E-state index in [0.717, 1.165) is 18.7 Å². The Morgan fingerprint density at radius 1 is 1.53 bits per heavy atom. The van der Waals surface area contributed by atoms with Gasteiger partial charge in [0.2, 0.25) is 0 Å². The summed E-state index contributed by atoms with van der Waals surface area (Å²) < 4.78 is 11.1. The lowest BCUT2D eigenvalue weighted by atomic mass is 9.92. The van der Waals surface area contributed by atoms with E-state index in [1.54, 1.807) is 13.4 Å². The molecule has 0 amide bonds. The standard InChI is InChI=1S/C12H19NO2/c1-8(2)11(14-3)10-12-9(4-6-13-10)5-7-15-12/h5,7-8,10-11,13H,4,6H2,1-3H3. The number of hydrogen-bond donors (Lipinski definition) is 1. The maximum atomic E-state index is 5.56. The fourth-order valence-electron chi connectivity index (χ4n) is 2.34. The Morgan fingerprint density at radius 3 is 3.00 bits per heavy atom. The maximum Gasteiger partial charge on any atom is 0.126 e. The topological polar surface area (TPSA) is 34.4 Å². The molecule has 1 aromatic heterocycles. The number of nitrogens with one attached hydrogen (secondary N) is 1. The van der Waals surface area contributed by atoms with E-state index in [2.05, 4.69) is 25.2 Å². The molecule has 0 bridgehead atoms. The van der Waals surface area contributed by atoms with Gasteiger partial charge in [0, 0.05) is 13.7 Å². The normalized spacial score (nSPS) is 22.8. The first kappa shape index (κ1) is 10.7. The quantitative estimate of drug-likeness (QED) is 0.828. The van der Waals surface area contributed by atoms with Gasteiger partial charge in [-0.1, -0.05) is 13.8 Å². The summed E-state index contributed by atoms with van der Waals surface area (Å²) >= 11 is 0. The number of rotatable bonds is 3. The van der Waals surface area contributed by atoms with Gasteiger partial charge >= 0.3 is 0 Å². The van der Waals surface area contributed by atoms with E-state index in [0.29, 0.717) is 5.92 Å². The number of fused-ring (bicyclic) bond motifs is 1. The molecule has 0 aromatic carbocycles. The van der Waals surface area contributed by atoms with Crippen LogP contribution in [0.15, 0.2) is 16.7 Å². The molecular formula is C12H19NO2. The molecular weight excluding hydrogens is 190 g/mol. The zero-order valence-corrected chi connectivity index (χ0v) is 9.62. The van der Waals surface area contributed by atoms with Crippen molar-refractivity contribution in [3.8, 4) is 0 Å². The summed E-state index contributed by atoms with van der Waals surface area (Å²) in [6, 6.07) is 2.27. The van der Waals surface area contributed by atoms with Crippen molar-refractivity contribution >= 4 is 0 Å². The van der Waals surface area contributed by atoms with Crippen LogP contribution in [0.3, 0.4) is 0 Å². The Labute approximate surface area is 90.8 Å². The van der Waals surface area contributed by atoms with Crippen molar-refractivity contribution in [2.24, 2.45) is 5.92 Å². The highest BCUT2D eigenvalue weighted by Gasteiger charge is 2.32. The molecule has 0 saturated heterocycles. The van der Waals surface area contributed by atoms with Crippen molar-refractivity contribution < 1.29 is 9.15 Å². The molecule has 15 heavy (non-hydrogen) atoms. The maximum absolute atomic E-state index is 5.56. The van der Waals surface area contributed by atoms with Crippen LogP contribution in [0.25, 0.3) is 0 Å². The first-order valence-electron chi connectivity index (χ1n) is 5.56. The molecule has 1 N–H and O–H groups in total. The fourth-order valence-corrected chi connectivity index (χ4v) is 2.34. The molecule has 0 saturated carbocycles. The molecule has 1 aliphatic heterocycles. The average Bonchev–Trinajstić information content (AvgIpc) is 2.66. The molecule has 3 nitrogen and oxygen atoms in total. The first-order valence-corrected chi connectivity index (χ1v) is 5.56. The predicted molar refractivity (Wildman–Crippen MR) is 58.8 cm³/mol. The second-order valence-electron chi connectivity index (χ2n) is 4.44. The molecule has 0 spiro atoms. The van der Waals surface area contributed by atoms with Gasteiger partial charge in [-0.15, -0.1) is 0 Å². The van der Waals surface area contributed by atoms with Crippen LogP contribution in [0.5, 0.6) is 0 Å². The Kier molecular flexibility index (Phi) is 3.12. The zero-order chi connectivity index (χ0) is 10.8. The van der Waals surface area contributed by atoms with Crippen molar-refractivity contribution in [2.45, 2.75) is 32.4 Å². The fraction of sp³-hybridized carbons (Fsp3) is 0.667. The van der Waals surface area contributed by atoms with Crippen LogP contribution in [0.1, 0.15) is 31.2 Å². The lowest BCUT2D eigenvalue weighted by molar-refractivity contribution is 0.0242. The lowest BCUT2D eigenvalue weighted by Crippen LogP contribution is -2.40. The van der Waals surface area contributed by atoms with Gasteiger partial charge < -0.3 is 14.5 Å². The van der Waals surface area contributed by atoms with Crippen LogP contribution in [0, 0.1) is 5.92 Å².